The van der Waals surface area contributed by atoms with Crippen molar-refractivity contribution in [2.45, 2.75) is 0 Å². The van der Waals surface area contributed by atoms with E-state index in [0.29, 0.717) is 11.6 Å². The Morgan fingerprint density at radius 3 is 2.92 bits per heavy atom. The predicted octanol–water partition coefficient (Wildman–Crippen LogP) is 3.72. The van der Waals surface area contributed by atoms with E-state index in [0.717, 1.165) is 32.2 Å². The quantitative estimate of drug-likeness (QED) is 0.405. The summed E-state index contributed by atoms with van der Waals surface area (Å²) in [5.41, 5.74) is 6.08. The number of H-pyrrole nitrogens is 1. The minimum atomic E-state index is 0.322. The zero-order valence-corrected chi connectivity index (χ0v) is 14.8. The Morgan fingerprint density at radius 1 is 1.20 bits per heavy atom. The molecular formula is C17H13BrN6O. The topological polar surface area (TPSA) is 88.1 Å². The van der Waals surface area contributed by atoms with Gasteiger partial charge >= 0.3 is 0 Å². The molecule has 0 radical (unpaired) electrons. The van der Waals surface area contributed by atoms with Crippen molar-refractivity contribution in [1.29, 1.82) is 0 Å². The Bertz CT molecular complexity index is 1090. The van der Waals surface area contributed by atoms with Crippen LogP contribution in [0, 0.1) is 0 Å². The number of para-hydroxylation sites is 1. The maximum atomic E-state index is 5.20. The fourth-order valence-corrected chi connectivity index (χ4v) is 3.05. The van der Waals surface area contributed by atoms with E-state index < -0.39 is 0 Å². The molecule has 2 aromatic heterocycles. The highest BCUT2D eigenvalue weighted by molar-refractivity contribution is 9.10. The number of methoxy groups -OCH3 is 1. The highest BCUT2D eigenvalue weighted by atomic mass is 79.9. The summed E-state index contributed by atoms with van der Waals surface area (Å²) in [7, 11) is 1.62. The third-order valence-electron chi connectivity index (χ3n) is 3.68. The first-order valence-electron chi connectivity index (χ1n) is 7.48. The van der Waals surface area contributed by atoms with Crippen molar-refractivity contribution in [3.63, 3.8) is 0 Å². The number of fused-ring (bicyclic) bond motifs is 3. The van der Waals surface area contributed by atoms with Gasteiger partial charge in [-0.05, 0) is 45.8 Å². The lowest BCUT2D eigenvalue weighted by Gasteiger charge is -2.03. The average Bonchev–Trinajstić information content (AvgIpc) is 2.99. The van der Waals surface area contributed by atoms with Crippen LogP contribution in [0.15, 0.2) is 52.0 Å². The van der Waals surface area contributed by atoms with Crippen LogP contribution in [0.5, 0.6) is 5.75 Å². The van der Waals surface area contributed by atoms with Crippen LogP contribution in [0.3, 0.4) is 0 Å². The van der Waals surface area contributed by atoms with E-state index >= 15 is 0 Å². The van der Waals surface area contributed by atoms with Crippen LogP contribution >= 0.6 is 15.9 Å². The number of hydrogen-bond donors (Lipinski definition) is 2. The van der Waals surface area contributed by atoms with Crippen molar-refractivity contribution >= 4 is 50.2 Å². The Balaban J connectivity index is 1.56. The summed E-state index contributed by atoms with van der Waals surface area (Å²) in [4.78, 5) is 7.63. The van der Waals surface area contributed by atoms with Gasteiger partial charge in [0.05, 0.1) is 17.8 Å². The van der Waals surface area contributed by atoms with E-state index in [9.17, 15) is 0 Å². The standard InChI is InChI=1S/C17H13BrN6O/c1-25-14-7-6-10(8-12(14)18)9-19-23-17-21-16-15(22-24-17)11-4-2-3-5-13(11)20-16/h2-9H,1H3,(H2,20,21,23,24). The first kappa shape index (κ1) is 15.5. The molecule has 7 nitrogen and oxygen atoms in total. The molecule has 0 unspecified atom stereocenters. The van der Waals surface area contributed by atoms with Gasteiger partial charge in [-0.15, -0.1) is 10.2 Å². The van der Waals surface area contributed by atoms with Crippen molar-refractivity contribution < 1.29 is 4.74 Å². The molecule has 4 aromatic rings. The molecule has 0 saturated carbocycles. The van der Waals surface area contributed by atoms with Gasteiger partial charge < -0.3 is 9.72 Å². The number of aromatic amines is 1. The average molecular weight is 397 g/mol. The van der Waals surface area contributed by atoms with Gasteiger partial charge in [0, 0.05) is 10.9 Å². The van der Waals surface area contributed by atoms with Crippen LogP contribution < -0.4 is 10.2 Å². The summed E-state index contributed by atoms with van der Waals surface area (Å²) in [5, 5.41) is 13.4. The number of aromatic nitrogens is 4. The monoisotopic (exact) mass is 396 g/mol. The van der Waals surface area contributed by atoms with Gasteiger partial charge in [-0.1, -0.05) is 18.2 Å². The fraction of sp³-hybridized carbons (Fsp3) is 0.0588. The molecular weight excluding hydrogens is 384 g/mol. The van der Waals surface area contributed by atoms with Gasteiger partial charge in [0.25, 0.3) is 5.95 Å². The van der Waals surface area contributed by atoms with E-state index in [1.165, 1.54) is 0 Å². The molecule has 0 fully saturated rings. The summed E-state index contributed by atoms with van der Waals surface area (Å²) in [5.74, 6) is 1.09. The summed E-state index contributed by atoms with van der Waals surface area (Å²) >= 11 is 3.44. The van der Waals surface area contributed by atoms with Gasteiger partial charge in [0.1, 0.15) is 11.3 Å². The van der Waals surface area contributed by atoms with Crippen LogP contribution in [-0.2, 0) is 0 Å². The second-order valence-corrected chi connectivity index (χ2v) is 6.12. The second-order valence-electron chi connectivity index (χ2n) is 5.27. The maximum absolute atomic E-state index is 5.20. The lowest BCUT2D eigenvalue weighted by atomic mass is 10.2. The number of benzene rings is 2. The second kappa shape index (κ2) is 6.48. The van der Waals surface area contributed by atoms with Crippen molar-refractivity contribution in [2.75, 3.05) is 12.5 Å². The number of hydrazone groups is 1. The third kappa shape index (κ3) is 3.03. The molecule has 2 heterocycles. The number of nitrogens with zero attached hydrogens (tertiary/aromatic N) is 4. The van der Waals surface area contributed by atoms with Gasteiger partial charge in [0.2, 0.25) is 0 Å². The molecule has 0 aliphatic rings. The maximum Gasteiger partial charge on any atom is 0.265 e. The molecule has 0 atom stereocenters. The molecule has 25 heavy (non-hydrogen) atoms. The largest absolute Gasteiger partial charge is 0.496 e. The molecule has 0 saturated heterocycles. The van der Waals surface area contributed by atoms with Gasteiger partial charge in [0.15, 0.2) is 5.65 Å². The first-order valence-corrected chi connectivity index (χ1v) is 8.27. The Labute approximate surface area is 151 Å². The van der Waals surface area contributed by atoms with E-state index in [4.69, 9.17) is 4.74 Å². The Kier molecular flexibility index (Phi) is 4.02. The van der Waals surface area contributed by atoms with Crippen molar-refractivity contribution in [3.05, 3.63) is 52.5 Å². The number of halogens is 1. The molecule has 0 bridgehead atoms. The summed E-state index contributed by atoms with van der Waals surface area (Å²) in [6, 6.07) is 13.5. The molecule has 0 aliphatic carbocycles. The number of ether oxygens (including phenoxy) is 1. The summed E-state index contributed by atoms with van der Waals surface area (Å²) in [6.45, 7) is 0. The zero-order valence-electron chi connectivity index (χ0n) is 13.2. The van der Waals surface area contributed by atoms with Gasteiger partial charge in [-0.3, -0.25) is 0 Å². The SMILES string of the molecule is COc1ccc(C=NNc2nnc3c(n2)[nH]c2ccccc23)cc1Br. The first-order chi connectivity index (χ1) is 12.2. The van der Waals surface area contributed by atoms with E-state index in [1.54, 1.807) is 13.3 Å². The summed E-state index contributed by atoms with van der Waals surface area (Å²) < 4.78 is 6.06. The summed E-state index contributed by atoms with van der Waals surface area (Å²) in [6.07, 6.45) is 1.67. The van der Waals surface area contributed by atoms with E-state index in [2.05, 4.69) is 46.6 Å². The van der Waals surface area contributed by atoms with Crippen LogP contribution in [0.1, 0.15) is 5.56 Å². The molecule has 2 aromatic carbocycles. The van der Waals surface area contributed by atoms with Crippen LogP contribution in [-0.4, -0.2) is 33.5 Å². The Morgan fingerprint density at radius 2 is 2.08 bits per heavy atom. The lowest BCUT2D eigenvalue weighted by molar-refractivity contribution is 0.412. The fourth-order valence-electron chi connectivity index (χ4n) is 2.50. The Hall–Kier alpha value is -3.00. The molecule has 124 valence electrons. The number of rotatable bonds is 4. The molecule has 2 N–H and O–H groups in total. The molecule has 8 heteroatoms. The molecule has 0 amide bonds. The molecule has 0 aliphatic heterocycles. The zero-order chi connectivity index (χ0) is 17.2. The number of hydrogen-bond acceptors (Lipinski definition) is 6. The normalized spacial score (nSPS) is 11.4. The minimum Gasteiger partial charge on any atom is -0.496 e. The smallest absolute Gasteiger partial charge is 0.265 e. The minimum absolute atomic E-state index is 0.322. The van der Waals surface area contributed by atoms with E-state index in [1.807, 2.05) is 42.5 Å². The van der Waals surface area contributed by atoms with Crippen LogP contribution in [0.4, 0.5) is 5.95 Å². The number of anilines is 1. The third-order valence-corrected chi connectivity index (χ3v) is 4.30. The number of nitrogens with one attached hydrogen (secondary N) is 2. The highest BCUT2D eigenvalue weighted by Crippen LogP contribution is 2.25. The van der Waals surface area contributed by atoms with Gasteiger partial charge in [-0.25, -0.2) is 5.43 Å². The van der Waals surface area contributed by atoms with Gasteiger partial charge in [-0.2, -0.15) is 10.1 Å². The van der Waals surface area contributed by atoms with E-state index in [-0.39, 0.29) is 0 Å². The van der Waals surface area contributed by atoms with Crippen LogP contribution in [0.25, 0.3) is 22.1 Å². The molecule has 0 spiro atoms. The van der Waals surface area contributed by atoms with Crippen molar-refractivity contribution in [1.82, 2.24) is 20.2 Å². The lowest BCUT2D eigenvalue weighted by Crippen LogP contribution is -1.99. The highest BCUT2D eigenvalue weighted by Gasteiger charge is 2.08. The van der Waals surface area contributed by atoms with Crippen molar-refractivity contribution in [3.8, 4) is 5.75 Å². The van der Waals surface area contributed by atoms with Crippen LogP contribution in [0.2, 0.25) is 0 Å². The predicted molar refractivity (Wildman–Crippen MR) is 101 cm³/mol. The van der Waals surface area contributed by atoms with Crippen molar-refractivity contribution in [2.24, 2.45) is 5.10 Å². The molecule has 4 rings (SSSR count).